The number of anilines is 1. The van der Waals surface area contributed by atoms with Crippen LogP contribution in [-0.2, 0) is 11.3 Å². The summed E-state index contributed by atoms with van der Waals surface area (Å²) in [6.45, 7) is 3.66. The second-order valence-corrected chi connectivity index (χ2v) is 6.69. The number of esters is 1. The highest BCUT2D eigenvalue weighted by atomic mass is 16.5. The smallest absolute Gasteiger partial charge is 0.339 e. The van der Waals surface area contributed by atoms with Gasteiger partial charge in [-0.2, -0.15) is 0 Å². The first kappa shape index (κ1) is 20.8. The molecule has 2 heterocycles. The summed E-state index contributed by atoms with van der Waals surface area (Å²) in [7, 11) is 1.30. The molecule has 3 rings (SSSR count). The monoisotopic (exact) mass is 406 g/mol. The Hall–Kier alpha value is -3.94. The Labute approximate surface area is 173 Å². The topological polar surface area (TPSA) is 113 Å². The summed E-state index contributed by atoms with van der Waals surface area (Å²) in [5.74, 6) is -1.07. The summed E-state index contributed by atoms with van der Waals surface area (Å²) in [4.78, 5) is 43.6. The maximum atomic E-state index is 12.6. The van der Waals surface area contributed by atoms with E-state index < -0.39 is 5.97 Å². The van der Waals surface area contributed by atoms with Gasteiger partial charge in [-0.25, -0.2) is 4.79 Å². The van der Waals surface area contributed by atoms with Gasteiger partial charge in [-0.05, 0) is 49.2 Å². The fourth-order valence-electron chi connectivity index (χ4n) is 3.12. The van der Waals surface area contributed by atoms with Crippen molar-refractivity contribution in [2.75, 3.05) is 12.4 Å². The van der Waals surface area contributed by atoms with Crippen LogP contribution in [0.3, 0.4) is 0 Å². The molecule has 0 spiro atoms. The predicted molar refractivity (Wildman–Crippen MR) is 111 cm³/mol. The number of aromatic amines is 1. The predicted octanol–water partition coefficient (Wildman–Crippen LogP) is 3.00. The highest BCUT2D eigenvalue weighted by Gasteiger charge is 2.22. The maximum absolute atomic E-state index is 12.6. The molecule has 0 bridgehead atoms. The largest absolute Gasteiger partial charge is 0.465 e. The average Bonchev–Trinajstić information content (AvgIpc) is 3.06. The van der Waals surface area contributed by atoms with Crippen LogP contribution in [0.25, 0.3) is 0 Å². The molecule has 1 aromatic carbocycles. The van der Waals surface area contributed by atoms with Gasteiger partial charge < -0.3 is 20.4 Å². The van der Waals surface area contributed by atoms with E-state index >= 15 is 0 Å². The van der Waals surface area contributed by atoms with Crippen LogP contribution < -0.4 is 10.6 Å². The number of amides is 2. The number of methoxy groups -OCH3 is 1. The van der Waals surface area contributed by atoms with Crippen molar-refractivity contribution in [1.29, 1.82) is 0 Å². The number of benzene rings is 1. The lowest BCUT2D eigenvalue weighted by Gasteiger charge is -2.09. The van der Waals surface area contributed by atoms with Crippen LogP contribution in [-0.4, -0.2) is 34.9 Å². The number of carbonyl (C=O) groups is 3. The summed E-state index contributed by atoms with van der Waals surface area (Å²) in [5, 5.41) is 5.64. The van der Waals surface area contributed by atoms with Crippen molar-refractivity contribution in [1.82, 2.24) is 15.3 Å². The molecule has 0 saturated carbocycles. The fourth-order valence-corrected chi connectivity index (χ4v) is 3.12. The van der Waals surface area contributed by atoms with Crippen LogP contribution in [0.4, 0.5) is 5.69 Å². The number of pyridine rings is 1. The molecule has 0 unspecified atom stereocenters. The van der Waals surface area contributed by atoms with Gasteiger partial charge in [0.1, 0.15) is 5.69 Å². The number of carbonyl (C=O) groups excluding carboxylic acids is 3. The molecule has 8 heteroatoms. The number of hydrogen-bond acceptors (Lipinski definition) is 5. The normalized spacial score (nSPS) is 10.4. The molecule has 2 aromatic heterocycles. The van der Waals surface area contributed by atoms with Crippen molar-refractivity contribution in [3.63, 3.8) is 0 Å². The van der Waals surface area contributed by atoms with Crippen LogP contribution in [0.5, 0.6) is 0 Å². The molecule has 0 aliphatic heterocycles. The van der Waals surface area contributed by atoms with E-state index in [0.29, 0.717) is 33.8 Å². The number of ether oxygens (including phenoxy) is 1. The summed E-state index contributed by atoms with van der Waals surface area (Å²) in [6, 6.07) is 10.4. The molecule has 154 valence electrons. The van der Waals surface area contributed by atoms with E-state index in [0.717, 1.165) is 5.56 Å². The molecular formula is C22H22N4O4. The molecule has 0 aliphatic carbocycles. The van der Waals surface area contributed by atoms with Gasteiger partial charge in [0.2, 0.25) is 0 Å². The van der Waals surface area contributed by atoms with E-state index in [9.17, 15) is 14.4 Å². The van der Waals surface area contributed by atoms with Crippen molar-refractivity contribution in [2.24, 2.45) is 0 Å². The molecular weight excluding hydrogens is 384 g/mol. The molecule has 0 radical (unpaired) electrons. The van der Waals surface area contributed by atoms with Gasteiger partial charge in [0.25, 0.3) is 11.8 Å². The molecule has 0 saturated heterocycles. The molecule has 8 nitrogen and oxygen atoms in total. The SMILES string of the molecule is COC(=O)c1c(C)[nH]c(C(=O)NCc2cccc(NC(=O)c3ccncc3)c2)c1C. The van der Waals surface area contributed by atoms with Crippen LogP contribution in [0.1, 0.15) is 48.0 Å². The van der Waals surface area contributed by atoms with Crippen LogP contribution in [0, 0.1) is 13.8 Å². The number of nitrogens with one attached hydrogen (secondary N) is 3. The third-order valence-corrected chi connectivity index (χ3v) is 4.63. The minimum absolute atomic E-state index is 0.244. The molecule has 3 N–H and O–H groups in total. The van der Waals surface area contributed by atoms with E-state index in [-0.39, 0.29) is 18.4 Å². The quantitative estimate of drug-likeness (QED) is 0.545. The first-order valence-corrected chi connectivity index (χ1v) is 9.26. The van der Waals surface area contributed by atoms with Crippen molar-refractivity contribution < 1.29 is 19.1 Å². The molecule has 0 atom stereocenters. The zero-order valence-corrected chi connectivity index (χ0v) is 16.9. The second kappa shape index (κ2) is 9.04. The van der Waals surface area contributed by atoms with Gasteiger partial charge in [0, 0.05) is 35.9 Å². The zero-order chi connectivity index (χ0) is 21.7. The molecule has 30 heavy (non-hydrogen) atoms. The highest BCUT2D eigenvalue weighted by molar-refractivity contribution is 6.04. The van der Waals surface area contributed by atoms with Gasteiger partial charge in [-0.3, -0.25) is 14.6 Å². The van der Waals surface area contributed by atoms with Crippen LogP contribution >= 0.6 is 0 Å². The van der Waals surface area contributed by atoms with Crippen LogP contribution in [0.15, 0.2) is 48.8 Å². The first-order valence-electron chi connectivity index (χ1n) is 9.26. The molecule has 0 fully saturated rings. The number of hydrogen-bond donors (Lipinski definition) is 3. The minimum atomic E-state index is -0.488. The van der Waals surface area contributed by atoms with Crippen molar-refractivity contribution in [3.05, 3.63) is 82.4 Å². The highest BCUT2D eigenvalue weighted by Crippen LogP contribution is 2.19. The van der Waals surface area contributed by atoms with Crippen LogP contribution in [0.2, 0.25) is 0 Å². The van der Waals surface area contributed by atoms with E-state index in [1.54, 1.807) is 56.6 Å². The maximum Gasteiger partial charge on any atom is 0.339 e. The third kappa shape index (κ3) is 4.54. The van der Waals surface area contributed by atoms with Gasteiger partial charge in [0.05, 0.1) is 12.7 Å². The molecule has 2 amide bonds. The lowest BCUT2D eigenvalue weighted by molar-refractivity contribution is 0.0599. The molecule has 3 aromatic rings. The summed E-state index contributed by atoms with van der Waals surface area (Å²) in [6.07, 6.45) is 3.10. The van der Waals surface area contributed by atoms with E-state index in [1.807, 2.05) is 6.07 Å². The Morgan fingerprint density at radius 3 is 2.50 bits per heavy atom. The zero-order valence-electron chi connectivity index (χ0n) is 16.9. The van der Waals surface area contributed by atoms with Crippen molar-refractivity contribution >= 4 is 23.5 Å². The van der Waals surface area contributed by atoms with Gasteiger partial charge >= 0.3 is 5.97 Å². The van der Waals surface area contributed by atoms with Gasteiger partial charge in [-0.15, -0.1) is 0 Å². The van der Waals surface area contributed by atoms with Gasteiger partial charge in [-0.1, -0.05) is 12.1 Å². The number of H-pyrrole nitrogens is 1. The Morgan fingerprint density at radius 2 is 1.80 bits per heavy atom. The fraction of sp³-hybridized carbons (Fsp3) is 0.182. The van der Waals surface area contributed by atoms with E-state index in [1.165, 1.54) is 7.11 Å². The second-order valence-electron chi connectivity index (χ2n) is 6.69. The summed E-state index contributed by atoms with van der Waals surface area (Å²) in [5.41, 5.74) is 3.72. The number of aryl methyl sites for hydroxylation is 1. The number of rotatable bonds is 6. The Bertz CT molecular complexity index is 1090. The Kier molecular flexibility index (Phi) is 6.26. The van der Waals surface area contributed by atoms with Gasteiger partial charge in [0.15, 0.2) is 0 Å². The minimum Gasteiger partial charge on any atom is -0.465 e. The van der Waals surface area contributed by atoms with E-state index in [2.05, 4.69) is 20.6 Å². The summed E-state index contributed by atoms with van der Waals surface area (Å²) < 4.78 is 4.77. The standard InChI is InChI=1S/C22H22N4O4/c1-13-18(22(29)30-3)14(2)25-19(13)21(28)24-12-15-5-4-6-17(11-15)26-20(27)16-7-9-23-10-8-16/h4-11,25H,12H2,1-3H3,(H,24,28)(H,26,27). The Morgan fingerprint density at radius 1 is 1.07 bits per heavy atom. The van der Waals surface area contributed by atoms with Crippen molar-refractivity contribution in [2.45, 2.75) is 20.4 Å². The summed E-state index contributed by atoms with van der Waals surface area (Å²) >= 11 is 0. The number of aromatic nitrogens is 2. The lowest BCUT2D eigenvalue weighted by Crippen LogP contribution is -2.24. The first-order chi connectivity index (χ1) is 14.4. The lowest BCUT2D eigenvalue weighted by atomic mass is 10.1. The average molecular weight is 406 g/mol. The Balaban J connectivity index is 1.67. The van der Waals surface area contributed by atoms with Crippen molar-refractivity contribution in [3.8, 4) is 0 Å². The van der Waals surface area contributed by atoms with E-state index in [4.69, 9.17) is 4.74 Å². The third-order valence-electron chi connectivity index (χ3n) is 4.63. The number of nitrogens with zero attached hydrogens (tertiary/aromatic N) is 1. The molecule has 0 aliphatic rings.